The van der Waals surface area contributed by atoms with Gasteiger partial charge in [0.2, 0.25) is 17.8 Å². The highest BCUT2D eigenvalue weighted by Crippen LogP contribution is 2.11. The Kier molecular flexibility index (Phi) is 4.83. The number of rotatable bonds is 7. The Morgan fingerprint density at radius 1 is 1.25 bits per heavy atom. The van der Waals surface area contributed by atoms with E-state index < -0.39 is 0 Å². The van der Waals surface area contributed by atoms with Gasteiger partial charge in [0.15, 0.2) is 0 Å². The fraction of sp³-hybridized carbons (Fsp3) is 0.500. The Labute approximate surface area is 117 Å². The molecule has 3 N–H and O–H groups in total. The molecule has 0 saturated heterocycles. The number of unbranched alkanes of at least 4 members (excludes halogenated alkanes) is 2. The summed E-state index contributed by atoms with van der Waals surface area (Å²) in [6.45, 7) is 1.03. The van der Waals surface area contributed by atoms with Crippen LogP contribution in [0.1, 0.15) is 19.3 Å². The fourth-order valence-corrected chi connectivity index (χ4v) is 1.77. The second-order valence-electron chi connectivity index (χ2n) is 4.47. The SMILES string of the molecule is CN(CCCCCO)c1nc(N)nc(-n2ccnc2)n1. The second-order valence-corrected chi connectivity index (χ2v) is 4.47. The highest BCUT2D eigenvalue weighted by molar-refractivity contribution is 5.37. The molecule has 0 radical (unpaired) electrons. The van der Waals surface area contributed by atoms with Crippen LogP contribution >= 0.6 is 0 Å². The minimum atomic E-state index is 0.181. The molecule has 8 heteroatoms. The predicted molar refractivity (Wildman–Crippen MR) is 75.6 cm³/mol. The van der Waals surface area contributed by atoms with Crippen LogP contribution in [0.2, 0.25) is 0 Å². The van der Waals surface area contributed by atoms with Gasteiger partial charge in [0.25, 0.3) is 0 Å². The summed E-state index contributed by atoms with van der Waals surface area (Å²) in [5.74, 6) is 1.17. The number of nitrogens with zero attached hydrogens (tertiary/aromatic N) is 6. The van der Waals surface area contributed by atoms with Crippen molar-refractivity contribution in [2.45, 2.75) is 19.3 Å². The molecular weight excluding hydrogens is 258 g/mol. The van der Waals surface area contributed by atoms with Gasteiger partial charge < -0.3 is 15.7 Å². The van der Waals surface area contributed by atoms with E-state index in [2.05, 4.69) is 19.9 Å². The van der Waals surface area contributed by atoms with Crippen molar-refractivity contribution < 1.29 is 5.11 Å². The first-order valence-corrected chi connectivity index (χ1v) is 6.52. The van der Waals surface area contributed by atoms with Crippen LogP contribution in [-0.4, -0.2) is 49.8 Å². The summed E-state index contributed by atoms with van der Waals surface area (Å²) in [6, 6.07) is 0. The molecule has 20 heavy (non-hydrogen) atoms. The number of hydrogen-bond donors (Lipinski definition) is 2. The first kappa shape index (κ1) is 14.2. The molecule has 0 aliphatic carbocycles. The monoisotopic (exact) mass is 277 g/mol. The Bertz CT molecular complexity index is 529. The first-order valence-electron chi connectivity index (χ1n) is 6.52. The largest absolute Gasteiger partial charge is 0.396 e. The van der Waals surface area contributed by atoms with Gasteiger partial charge in [0.1, 0.15) is 6.33 Å². The molecule has 2 heterocycles. The highest BCUT2D eigenvalue weighted by atomic mass is 16.2. The third kappa shape index (κ3) is 3.64. The molecule has 0 fully saturated rings. The molecular formula is C12H19N7O. The maximum absolute atomic E-state index is 8.76. The van der Waals surface area contributed by atoms with E-state index in [-0.39, 0.29) is 12.6 Å². The number of imidazole rings is 1. The van der Waals surface area contributed by atoms with Crippen LogP contribution in [-0.2, 0) is 0 Å². The molecule has 2 aromatic heterocycles. The van der Waals surface area contributed by atoms with Gasteiger partial charge in [-0.05, 0) is 19.3 Å². The fourth-order valence-electron chi connectivity index (χ4n) is 1.77. The van der Waals surface area contributed by atoms with Gasteiger partial charge >= 0.3 is 0 Å². The van der Waals surface area contributed by atoms with E-state index in [1.807, 2.05) is 11.9 Å². The van der Waals surface area contributed by atoms with Crippen LogP contribution in [0, 0.1) is 0 Å². The Morgan fingerprint density at radius 2 is 2.10 bits per heavy atom. The van der Waals surface area contributed by atoms with Gasteiger partial charge in [-0.2, -0.15) is 15.0 Å². The van der Waals surface area contributed by atoms with Crippen molar-refractivity contribution in [3.63, 3.8) is 0 Å². The Morgan fingerprint density at radius 3 is 2.80 bits per heavy atom. The minimum absolute atomic E-state index is 0.181. The summed E-state index contributed by atoms with van der Waals surface area (Å²) in [6.07, 6.45) is 7.75. The molecule has 0 unspecified atom stereocenters. The summed E-state index contributed by atoms with van der Waals surface area (Å²) in [5.41, 5.74) is 5.72. The van der Waals surface area contributed by atoms with Gasteiger partial charge in [-0.15, -0.1) is 0 Å². The summed E-state index contributed by atoms with van der Waals surface area (Å²) in [4.78, 5) is 18.5. The smallest absolute Gasteiger partial charge is 0.241 e. The van der Waals surface area contributed by atoms with E-state index in [4.69, 9.17) is 10.8 Å². The van der Waals surface area contributed by atoms with Gasteiger partial charge in [0, 0.05) is 32.6 Å². The third-order valence-electron chi connectivity index (χ3n) is 2.86. The maximum atomic E-state index is 8.76. The van der Waals surface area contributed by atoms with Crippen molar-refractivity contribution in [3.8, 4) is 5.95 Å². The van der Waals surface area contributed by atoms with E-state index in [9.17, 15) is 0 Å². The molecule has 0 aliphatic rings. The molecule has 8 nitrogen and oxygen atoms in total. The zero-order valence-electron chi connectivity index (χ0n) is 11.5. The maximum Gasteiger partial charge on any atom is 0.241 e. The molecule has 0 bridgehead atoms. The molecule has 0 aliphatic heterocycles. The molecule has 0 atom stereocenters. The molecule has 0 amide bonds. The average Bonchev–Trinajstić information content (AvgIpc) is 2.97. The Hall–Kier alpha value is -2.22. The third-order valence-corrected chi connectivity index (χ3v) is 2.86. The van der Waals surface area contributed by atoms with Crippen molar-refractivity contribution in [2.75, 3.05) is 30.8 Å². The zero-order chi connectivity index (χ0) is 14.4. The molecule has 108 valence electrons. The van der Waals surface area contributed by atoms with E-state index in [1.54, 1.807) is 23.3 Å². The highest BCUT2D eigenvalue weighted by Gasteiger charge is 2.09. The van der Waals surface area contributed by atoms with Crippen molar-refractivity contribution in [2.24, 2.45) is 0 Å². The Balaban J connectivity index is 2.07. The number of nitrogen functional groups attached to an aromatic ring is 1. The second kappa shape index (κ2) is 6.80. The van der Waals surface area contributed by atoms with Crippen molar-refractivity contribution in [3.05, 3.63) is 18.7 Å². The van der Waals surface area contributed by atoms with E-state index >= 15 is 0 Å². The van der Waals surface area contributed by atoms with E-state index in [0.29, 0.717) is 11.9 Å². The quantitative estimate of drug-likeness (QED) is 0.698. The number of anilines is 2. The molecule has 0 saturated carbocycles. The van der Waals surface area contributed by atoms with Crippen LogP contribution < -0.4 is 10.6 Å². The number of nitrogens with two attached hydrogens (primary N) is 1. The topological polar surface area (TPSA) is 106 Å². The lowest BCUT2D eigenvalue weighted by Gasteiger charge is -2.17. The van der Waals surface area contributed by atoms with Crippen molar-refractivity contribution in [1.29, 1.82) is 0 Å². The predicted octanol–water partition coefficient (Wildman–Crippen LogP) is 0.238. The number of aromatic nitrogens is 5. The van der Waals surface area contributed by atoms with Gasteiger partial charge in [-0.25, -0.2) is 4.98 Å². The van der Waals surface area contributed by atoms with Crippen molar-refractivity contribution in [1.82, 2.24) is 24.5 Å². The first-order chi connectivity index (χ1) is 9.70. The van der Waals surface area contributed by atoms with Crippen LogP contribution in [0.25, 0.3) is 5.95 Å². The summed E-state index contributed by atoms with van der Waals surface area (Å²) in [7, 11) is 1.91. The summed E-state index contributed by atoms with van der Waals surface area (Å²) in [5, 5.41) is 8.76. The summed E-state index contributed by atoms with van der Waals surface area (Å²) >= 11 is 0. The van der Waals surface area contributed by atoms with Crippen LogP contribution in [0.3, 0.4) is 0 Å². The van der Waals surface area contributed by atoms with Crippen LogP contribution in [0.4, 0.5) is 11.9 Å². The van der Waals surface area contributed by atoms with Crippen LogP contribution in [0.5, 0.6) is 0 Å². The van der Waals surface area contributed by atoms with Crippen LogP contribution in [0.15, 0.2) is 18.7 Å². The average molecular weight is 277 g/mol. The number of hydrogen-bond acceptors (Lipinski definition) is 7. The molecule has 2 rings (SSSR count). The normalized spacial score (nSPS) is 10.7. The van der Waals surface area contributed by atoms with Gasteiger partial charge in [-0.3, -0.25) is 4.57 Å². The van der Waals surface area contributed by atoms with E-state index in [0.717, 1.165) is 25.8 Å². The standard InChI is InChI=1S/C12H19N7O/c1-18(6-3-2-4-8-20)11-15-10(13)16-12(17-11)19-7-5-14-9-19/h5,7,9,20H,2-4,6,8H2,1H3,(H2,13,15,16,17). The molecule has 2 aromatic rings. The van der Waals surface area contributed by atoms with Crippen molar-refractivity contribution >= 4 is 11.9 Å². The van der Waals surface area contributed by atoms with Gasteiger partial charge in [-0.1, -0.05) is 0 Å². The van der Waals surface area contributed by atoms with E-state index in [1.165, 1.54) is 0 Å². The molecule has 0 spiro atoms. The lowest BCUT2D eigenvalue weighted by molar-refractivity contribution is 0.283. The lowest BCUT2D eigenvalue weighted by atomic mass is 10.2. The number of aliphatic hydroxyl groups is 1. The summed E-state index contributed by atoms with van der Waals surface area (Å²) < 4.78 is 1.68. The van der Waals surface area contributed by atoms with Gasteiger partial charge in [0.05, 0.1) is 0 Å². The zero-order valence-corrected chi connectivity index (χ0v) is 11.5. The molecule has 0 aromatic carbocycles. The lowest BCUT2D eigenvalue weighted by Crippen LogP contribution is -2.22. The number of aliphatic hydroxyl groups excluding tert-OH is 1. The minimum Gasteiger partial charge on any atom is -0.396 e.